The molecule has 6 nitrogen and oxygen atoms in total. The minimum Gasteiger partial charge on any atom is -0.383 e. The molecule has 0 atom stereocenters. The molecule has 0 spiro atoms. The fraction of sp³-hybridized carbons (Fsp3) is 0.0833. The van der Waals surface area contributed by atoms with E-state index in [-0.39, 0.29) is 0 Å². The number of H-pyrrole nitrogens is 1. The summed E-state index contributed by atoms with van der Waals surface area (Å²) in [6.45, 7) is 0. The SMILES string of the molecule is Cn1nc(-c2cn[nH]n2)c(-c2cccc(Cl)c2)c1N. The van der Waals surface area contributed by atoms with Gasteiger partial charge in [-0.15, -0.1) is 0 Å². The third-order valence-electron chi connectivity index (χ3n) is 2.86. The lowest BCUT2D eigenvalue weighted by Crippen LogP contribution is -1.97. The van der Waals surface area contributed by atoms with E-state index >= 15 is 0 Å². The zero-order valence-corrected chi connectivity index (χ0v) is 10.9. The van der Waals surface area contributed by atoms with Gasteiger partial charge in [0.15, 0.2) is 0 Å². The maximum atomic E-state index is 6.09. The molecule has 0 aliphatic carbocycles. The molecule has 1 aromatic carbocycles. The van der Waals surface area contributed by atoms with Crippen molar-refractivity contribution >= 4 is 17.4 Å². The van der Waals surface area contributed by atoms with Gasteiger partial charge in [-0.05, 0) is 17.7 Å². The molecule has 96 valence electrons. The van der Waals surface area contributed by atoms with Crippen molar-refractivity contribution < 1.29 is 0 Å². The first-order valence-electron chi connectivity index (χ1n) is 5.61. The van der Waals surface area contributed by atoms with Crippen LogP contribution in [0.5, 0.6) is 0 Å². The van der Waals surface area contributed by atoms with E-state index in [0.717, 1.165) is 11.1 Å². The first-order valence-corrected chi connectivity index (χ1v) is 5.99. The summed E-state index contributed by atoms with van der Waals surface area (Å²) < 4.78 is 1.61. The molecule has 0 fully saturated rings. The number of nitrogens with one attached hydrogen (secondary N) is 1. The van der Waals surface area contributed by atoms with E-state index < -0.39 is 0 Å². The number of anilines is 1. The summed E-state index contributed by atoms with van der Waals surface area (Å²) in [5.74, 6) is 0.556. The fourth-order valence-electron chi connectivity index (χ4n) is 1.96. The molecule has 3 rings (SSSR count). The van der Waals surface area contributed by atoms with Gasteiger partial charge >= 0.3 is 0 Å². The van der Waals surface area contributed by atoms with Crippen molar-refractivity contribution in [2.45, 2.75) is 0 Å². The highest BCUT2D eigenvalue weighted by Gasteiger charge is 2.19. The number of aromatic amines is 1. The largest absolute Gasteiger partial charge is 0.383 e. The van der Waals surface area contributed by atoms with Gasteiger partial charge in [0.05, 0.1) is 11.8 Å². The predicted octanol–water partition coefficient (Wildman–Crippen LogP) is 2.11. The van der Waals surface area contributed by atoms with Crippen LogP contribution in [0.4, 0.5) is 5.82 Å². The van der Waals surface area contributed by atoms with Gasteiger partial charge in [0.25, 0.3) is 0 Å². The number of benzene rings is 1. The molecular weight excluding hydrogens is 264 g/mol. The van der Waals surface area contributed by atoms with Crippen LogP contribution < -0.4 is 5.73 Å². The van der Waals surface area contributed by atoms with E-state index in [1.807, 2.05) is 24.3 Å². The van der Waals surface area contributed by atoms with Gasteiger partial charge in [0.1, 0.15) is 17.2 Å². The highest BCUT2D eigenvalue weighted by molar-refractivity contribution is 6.30. The molecule has 2 heterocycles. The first-order chi connectivity index (χ1) is 9.16. The second kappa shape index (κ2) is 4.40. The lowest BCUT2D eigenvalue weighted by molar-refractivity contribution is 0.781. The van der Waals surface area contributed by atoms with Crippen molar-refractivity contribution in [3.63, 3.8) is 0 Å². The summed E-state index contributed by atoms with van der Waals surface area (Å²) in [6.07, 6.45) is 1.61. The standard InChI is InChI=1S/C12H11ClN6/c1-19-12(14)10(7-3-2-4-8(13)5-7)11(17-19)9-6-15-18-16-9/h2-6H,14H2,1H3,(H,15,16,18). The van der Waals surface area contributed by atoms with Crippen LogP contribution >= 0.6 is 11.6 Å². The summed E-state index contributed by atoms with van der Waals surface area (Å²) in [7, 11) is 1.78. The number of nitrogens with two attached hydrogens (primary N) is 1. The maximum absolute atomic E-state index is 6.09. The van der Waals surface area contributed by atoms with Crippen molar-refractivity contribution in [1.82, 2.24) is 25.2 Å². The summed E-state index contributed by atoms with van der Waals surface area (Å²) >= 11 is 6.03. The fourth-order valence-corrected chi connectivity index (χ4v) is 2.15. The molecule has 3 aromatic rings. The number of hydrogen-bond acceptors (Lipinski definition) is 4. The van der Waals surface area contributed by atoms with E-state index in [2.05, 4.69) is 20.5 Å². The minimum atomic E-state index is 0.556. The van der Waals surface area contributed by atoms with E-state index in [4.69, 9.17) is 17.3 Å². The van der Waals surface area contributed by atoms with E-state index in [9.17, 15) is 0 Å². The molecule has 0 bridgehead atoms. The van der Waals surface area contributed by atoms with Crippen LogP contribution in [0, 0.1) is 0 Å². The quantitative estimate of drug-likeness (QED) is 0.749. The molecule has 0 radical (unpaired) electrons. The number of rotatable bonds is 2. The molecule has 0 amide bonds. The van der Waals surface area contributed by atoms with Crippen LogP contribution in [0.3, 0.4) is 0 Å². The second-order valence-electron chi connectivity index (χ2n) is 4.10. The Morgan fingerprint density at radius 2 is 2.21 bits per heavy atom. The van der Waals surface area contributed by atoms with Crippen LogP contribution in [-0.2, 0) is 7.05 Å². The molecule has 0 saturated carbocycles. The van der Waals surface area contributed by atoms with Crippen molar-refractivity contribution in [2.24, 2.45) is 7.05 Å². The number of aromatic nitrogens is 5. The van der Waals surface area contributed by atoms with Crippen molar-refractivity contribution in [1.29, 1.82) is 0 Å². The van der Waals surface area contributed by atoms with E-state index in [0.29, 0.717) is 22.2 Å². The van der Waals surface area contributed by atoms with Gasteiger partial charge in [0, 0.05) is 12.1 Å². The lowest BCUT2D eigenvalue weighted by Gasteiger charge is -2.03. The van der Waals surface area contributed by atoms with E-state index in [1.54, 1.807) is 17.9 Å². The van der Waals surface area contributed by atoms with Crippen LogP contribution in [-0.4, -0.2) is 25.2 Å². The summed E-state index contributed by atoms with van der Waals surface area (Å²) in [5.41, 5.74) is 9.11. The third-order valence-corrected chi connectivity index (χ3v) is 3.10. The second-order valence-corrected chi connectivity index (χ2v) is 4.53. The Labute approximate surface area is 114 Å². The Morgan fingerprint density at radius 1 is 1.37 bits per heavy atom. The number of halogens is 1. The van der Waals surface area contributed by atoms with Gasteiger partial charge in [-0.3, -0.25) is 4.68 Å². The summed E-state index contributed by atoms with van der Waals surface area (Å²) in [6, 6.07) is 7.46. The monoisotopic (exact) mass is 274 g/mol. The molecule has 0 aliphatic heterocycles. The van der Waals surface area contributed by atoms with Gasteiger partial charge in [0.2, 0.25) is 0 Å². The normalized spacial score (nSPS) is 10.8. The zero-order chi connectivity index (χ0) is 13.4. The molecule has 7 heteroatoms. The van der Waals surface area contributed by atoms with Crippen LogP contribution in [0.25, 0.3) is 22.5 Å². The van der Waals surface area contributed by atoms with Gasteiger partial charge in [-0.1, -0.05) is 23.7 Å². The maximum Gasteiger partial charge on any atom is 0.133 e. The summed E-state index contributed by atoms with van der Waals surface area (Å²) in [5, 5.41) is 15.4. The van der Waals surface area contributed by atoms with E-state index in [1.165, 1.54) is 0 Å². The Bertz CT molecular complexity index is 716. The topological polar surface area (TPSA) is 85.4 Å². The molecule has 0 unspecified atom stereocenters. The van der Waals surface area contributed by atoms with Crippen LogP contribution in [0.15, 0.2) is 30.5 Å². The molecule has 0 aliphatic rings. The van der Waals surface area contributed by atoms with Crippen molar-refractivity contribution in [3.8, 4) is 22.5 Å². The van der Waals surface area contributed by atoms with Crippen LogP contribution in [0.1, 0.15) is 0 Å². The zero-order valence-electron chi connectivity index (χ0n) is 10.1. The average molecular weight is 275 g/mol. The van der Waals surface area contributed by atoms with Gasteiger partial charge < -0.3 is 5.73 Å². The van der Waals surface area contributed by atoms with Crippen molar-refractivity contribution in [2.75, 3.05) is 5.73 Å². The molecular formula is C12H11ClN6. The Balaban J connectivity index is 2.26. The first kappa shape index (κ1) is 11.7. The Kier molecular flexibility index (Phi) is 2.72. The molecule has 19 heavy (non-hydrogen) atoms. The third kappa shape index (κ3) is 1.96. The molecule has 3 N–H and O–H groups in total. The molecule has 2 aromatic heterocycles. The summed E-state index contributed by atoms with van der Waals surface area (Å²) in [4.78, 5) is 0. The minimum absolute atomic E-state index is 0.556. The predicted molar refractivity (Wildman–Crippen MR) is 73.4 cm³/mol. The van der Waals surface area contributed by atoms with Crippen LogP contribution in [0.2, 0.25) is 5.02 Å². The number of nitrogens with zero attached hydrogens (tertiary/aromatic N) is 4. The number of aryl methyl sites for hydroxylation is 1. The molecule has 0 saturated heterocycles. The van der Waals surface area contributed by atoms with Crippen molar-refractivity contribution in [3.05, 3.63) is 35.5 Å². The Hall–Kier alpha value is -2.34. The highest BCUT2D eigenvalue weighted by Crippen LogP contribution is 2.35. The smallest absolute Gasteiger partial charge is 0.133 e. The van der Waals surface area contributed by atoms with Gasteiger partial charge in [-0.25, -0.2) is 0 Å². The number of nitrogen functional groups attached to an aromatic ring is 1. The number of hydrogen-bond donors (Lipinski definition) is 2. The highest BCUT2D eigenvalue weighted by atomic mass is 35.5. The Morgan fingerprint density at radius 3 is 2.89 bits per heavy atom. The van der Waals surface area contributed by atoms with Gasteiger partial charge in [-0.2, -0.15) is 20.5 Å². The lowest BCUT2D eigenvalue weighted by atomic mass is 10.0. The average Bonchev–Trinajstić information content (AvgIpc) is 2.99.